The maximum atomic E-state index is 11.4. The number of H-pyrrole nitrogens is 2. The number of halogens is 1. The Balaban J connectivity index is 1.96. The monoisotopic (exact) mass is 333 g/mol. The summed E-state index contributed by atoms with van der Waals surface area (Å²) in [6.45, 7) is 2.24. The summed E-state index contributed by atoms with van der Waals surface area (Å²) in [5.74, 6) is 0.444. The van der Waals surface area contributed by atoms with Crippen LogP contribution < -0.4 is 15.9 Å². The number of aromatic amines is 2. The second-order valence-electron chi connectivity index (χ2n) is 4.70. The van der Waals surface area contributed by atoms with E-state index in [1.54, 1.807) is 18.2 Å². The number of aromatic nitrogens is 5. The van der Waals surface area contributed by atoms with Gasteiger partial charge in [-0.3, -0.25) is 9.59 Å². The maximum absolute atomic E-state index is 11.4. The highest BCUT2D eigenvalue weighted by Crippen LogP contribution is 2.14. The molecule has 2 N–H and O–H groups in total. The zero-order valence-electron chi connectivity index (χ0n) is 12.1. The average Bonchev–Trinajstić information content (AvgIpc) is 2.48. The number of benzene rings is 1. The van der Waals surface area contributed by atoms with Crippen molar-refractivity contribution < 1.29 is 4.74 Å². The molecule has 0 amide bonds. The van der Waals surface area contributed by atoms with Gasteiger partial charge in [0.2, 0.25) is 5.28 Å². The third kappa shape index (κ3) is 3.37. The predicted molar refractivity (Wildman–Crippen MR) is 84.0 cm³/mol. The van der Waals surface area contributed by atoms with E-state index in [2.05, 4.69) is 24.9 Å². The van der Waals surface area contributed by atoms with E-state index in [0.29, 0.717) is 29.9 Å². The number of ether oxygens (including phenoxy) is 1. The van der Waals surface area contributed by atoms with E-state index in [1.807, 2.05) is 6.92 Å². The third-order valence-electron chi connectivity index (χ3n) is 3.06. The van der Waals surface area contributed by atoms with E-state index < -0.39 is 11.1 Å². The first kappa shape index (κ1) is 15.2. The van der Waals surface area contributed by atoms with Crippen LogP contribution in [0.2, 0.25) is 5.28 Å². The van der Waals surface area contributed by atoms with Crippen molar-refractivity contribution in [1.82, 2.24) is 24.9 Å². The molecular formula is C14H12ClN5O3. The van der Waals surface area contributed by atoms with Crippen molar-refractivity contribution in [2.75, 3.05) is 6.61 Å². The van der Waals surface area contributed by atoms with Crippen LogP contribution in [0.25, 0.3) is 11.0 Å². The van der Waals surface area contributed by atoms with Crippen LogP contribution in [0.15, 0.2) is 27.8 Å². The normalized spacial score (nSPS) is 10.9. The van der Waals surface area contributed by atoms with Gasteiger partial charge in [-0.2, -0.15) is 9.97 Å². The second-order valence-corrected chi connectivity index (χ2v) is 5.04. The molecule has 0 fully saturated rings. The van der Waals surface area contributed by atoms with Crippen molar-refractivity contribution in [2.24, 2.45) is 0 Å². The first-order valence-corrected chi connectivity index (χ1v) is 7.21. The molecular weight excluding hydrogens is 322 g/mol. The van der Waals surface area contributed by atoms with E-state index in [0.717, 1.165) is 5.56 Å². The number of hydrogen-bond acceptors (Lipinski definition) is 6. The quantitative estimate of drug-likeness (QED) is 0.690. The summed E-state index contributed by atoms with van der Waals surface area (Å²) in [7, 11) is 0. The standard InChI is InChI=1S/C14H12ClN5O3/c1-2-23-14-19-10(18-13(15)20-14)6-7-3-4-8-9(5-7)17-12(22)11(21)16-8/h3-5H,2,6H2,1H3,(H,16,21)(H,17,22). The summed E-state index contributed by atoms with van der Waals surface area (Å²) in [6, 6.07) is 5.41. The van der Waals surface area contributed by atoms with Crippen LogP contribution >= 0.6 is 11.6 Å². The lowest BCUT2D eigenvalue weighted by Gasteiger charge is -2.05. The molecule has 1 aromatic carbocycles. The van der Waals surface area contributed by atoms with Gasteiger partial charge in [0.1, 0.15) is 5.82 Å². The molecule has 0 saturated carbocycles. The zero-order chi connectivity index (χ0) is 16.4. The second kappa shape index (κ2) is 6.17. The molecule has 23 heavy (non-hydrogen) atoms. The lowest BCUT2D eigenvalue weighted by atomic mass is 10.1. The highest BCUT2D eigenvalue weighted by molar-refractivity contribution is 6.28. The lowest BCUT2D eigenvalue weighted by molar-refractivity contribution is 0.310. The SMILES string of the molecule is CCOc1nc(Cl)nc(Cc2ccc3[nH]c(=O)c(=O)[nH]c3c2)n1. The highest BCUT2D eigenvalue weighted by Gasteiger charge is 2.08. The van der Waals surface area contributed by atoms with Gasteiger partial charge in [-0.15, -0.1) is 0 Å². The summed E-state index contributed by atoms with van der Waals surface area (Å²) in [6.07, 6.45) is 0.374. The summed E-state index contributed by atoms with van der Waals surface area (Å²) in [5, 5.41) is 0.0528. The van der Waals surface area contributed by atoms with Crippen LogP contribution in [-0.2, 0) is 6.42 Å². The minimum atomic E-state index is -0.698. The first-order chi connectivity index (χ1) is 11.0. The summed E-state index contributed by atoms with van der Waals surface area (Å²) in [4.78, 5) is 39.8. The Morgan fingerprint density at radius 1 is 1.09 bits per heavy atom. The molecule has 0 spiro atoms. The Labute approximate surface area is 134 Å². The Bertz CT molecular complexity index is 982. The molecule has 0 aliphatic carbocycles. The predicted octanol–water partition coefficient (Wildman–Crippen LogP) is 1.04. The molecule has 3 rings (SSSR count). The van der Waals surface area contributed by atoms with Crippen molar-refractivity contribution in [3.63, 3.8) is 0 Å². The minimum Gasteiger partial charge on any atom is -0.464 e. The smallest absolute Gasteiger partial charge is 0.320 e. The Morgan fingerprint density at radius 2 is 1.83 bits per heavy atom. The van der Waals surface area contributed by atoms with Gasteiger partial charge in [0.05, 0.1) is 17.6 Å². The van der Waals surface area contributed by atoms with E-state index in [9.17, 15) is 9.59 Å². The van der Waals surface area contributed by atoms with E-state index in [4.69, 9.17) is 16.3 Å². The van der Waals surface area contributed by atoms with Gasteiger partial charge in [-0.1, -0.05) is 6.07 Å². The van der Waals surface area contributed by atoms with E-state index >= 15 is 0 Å². The van der Waals surface area contributed by atoms with Crippen molar-refractivity contribution >= 4 is 22.6 Å². The highest BCUT2D eigenvalue weighted by atomic mass is 35.5. The van der Waals surface area contributed by atoms with Crippen LogP contribution in [0.3, 0.4) is 0 Å². The molecule has 3 aromatic rings. The van der Waals surface area contributed by atoms with Gasteiger partial charge in [-0.05, 0) is 36.2 Å². The maximum Gasteiger partial charge on any atom is 0.320 e. The van der Waals surface area contributed by atoms with Crippen LogP contribution in [0, 0.1) is 0 Å². The molecule has 9 heteroatoms. The molecule has 0 aliphatic rings. The zero-order valence-corrected chi connectivity index (χ0v) is 12.8. The molecule has 0 radical (unpaired) electrons. The summed E-state index contributed by atoms with van der Waals surface area (Å²) >= 11 is 5.86. The number of nitrogens with one attached hydrogen (secondary N) is 2. The molecule has 2 heterocycles. The number of hydrogen-bond donors (Lipinski definition) is 2. The Morgan fingerprint density at radius 3 is 2.57 bits per heavy atom. The lowest BCUT2D eigenvalue weighted by Crippen LogP contribution is -2.28. The number of nitrogens with zero attached hydrogens (tertiary/aromatic N) is 3. The fourth-order valence-electron chi connectivity index (χ4n) is 2.10. The Kier molecular flexibility index (Phi) is 4.07. The molecule has 0 bridgehead atoms. The van der Waals surface area contributed by atoms with Gasteiger partial charge in [0.15, 0.2) is 0 Å². The van der Waals surface area contributed by atoms with Crippen LogP contribution in [0.5, 0.6) is 6.01 Å². The molecule has 0 aliphatic heterocycles. The third-order valence-corrected chi connectivity index (χ3v) is 3.23. The topological polar surface area (TPSA) is 114 Å². The van der Waals surface area contributed by atoms with Gasteiger partial charge < -0.3 is 14.7 Å². The van der Waals surface area contributed by atoms with E-state index in [-0.39, 0.29) is 11.3 Å². The number of rotatable bonds is 4. The van der Waals surface area contributed by atoms with Crippen LogP contribution in [0.1, 0.15) is 18.3 Å². The van der Waals surface area contributed by atoms with Crippen LogP contribution in [-0.4, -0.2) is 31.5 Å². The van der Waals surface area contributed by atoms with Crippen LogP contribution in [0.4, 0.5) is 0 Å². The van der Waals surface area contributed by atoms with E-state index in [1.165, 1.54) is 0 Å². The first-order valence-electron chi connectivity index (χ1n) is 6.83. The molecule has 2 aromatic heterocycles. The minimum absolute atomic E-state index is 0.0528. The fourth-order valence-corrected chi connectivity index (χ4v) is 2.27. The van der Waals surface area contributed by atoms with Gasteiger partial charge >= 0.3 is 17.1 Å². The summed E-state index contributed by atoms with van der Waals surface area (Å²) in [5.41, 5.74) is 0.525. The van der Waals surface area contributed by atoms with Gasteiger partial charge in [0.25, 0.3) is 0 Å². The average molecular weight is 334 g/mol. The molecule has 118 valence electrons. The molecule has 0 saturated heterocycles. The summed E-state index contributed by atoms with van der Waals surface area (Å²) < 4.78 is 5.23. The molecule has 8 nitrogen and oxygen atoms in total. The van der Waals surface area contributed by atoms with Crippen molar-refractivity contribution in [2.45, 2.75) is 13.3 Å². The van der Waals surface area contributed by atoms with Gasteiger partial charge in [-0.25, -0.2) is 4.98 Å². The van der Waals surface area contributed by atoms with Crippen molar-refractivity contribution in [3.05, 3.63) is 55.6 Å². The largest absolute Gasteiger partial charge is 0.464 e. The van der Waals surface area contributed by atoms with Gasteiger partial charge in [0, 0.05) is 6.42 Å². The Hall–Kier alpha value is -2.74. The fraction of sp³-hybridized carbons (Fsp3) is 0.214. The molecule has 0 atom stereocenters. The molecule has 0 unspecified atom stereocenters. The van der Waals surface area contributed by atoms with Crippen molar-refractivity contribution in [3.8, 4) is 6.01 Å². The van der Waals surface area contributed by atoms with Crippen molar-refractivity contribution in [1.29, 1.82) is 0 Å². The number of fused-ring (bicyclic) bond motifs is 1.